The van der Waals surface area contributed by atoms with Crippen molar-refractivity contribution in [3.05, 3.63) is 0 Å². The van der Waals surface area contributed by atoms with E-state index in [1.54, 1.807) is 0 Å². The maximum Gasteiger partial charge on any atom is 0.376 e. The van der Waals surface area contributed by atoms with Gasteiger partial charge in [0.2, 0.25) is 5.78 Å². The van der Waals surface area contributed by atoms with Gasteiger partial charge in [-0.25, -0.2) is 4.79 Å². The van der Waals surface area contributed by atoms with Crippen LogP contribution in [0.1, 0.15) is 27.7 Å². The minimum absolute atomic E-state index is 0.0219. The van der Waals surface area contributed by atoms with E-state index >= 15 is 0 Å². The van der Waals surface area contributed by atoms with Crippen molar-refractivity contribution in [1.82, 2.24) is 0 Å². The lowest BCUT2D eigenvalue weighted by Gasteiger charge is -2.14. The summed E-state index contributed by atoms with van der Waals surface area (Å²) in [7, 11) is 1.21. The van der Waals surface area contributed by atoms with E-state index in [9.17, 15) is 28.8 Å². The molecule has 0 aromatic carbocycles. The van der Waals surface area contributed by atoms with E-state index in [1.165, 1.54) is 6.92 Å². The molecule has 7 nitrogen and oxygen atoms in total. The largest absolute Gasteiger partial charge is 0.460 e. The van der Waals surface area contributed by atoms with Gasteiger partial charge in [-0.05, 0) is 20.8 Å². The van der Waals surface area contributed by atoms with Crippen molar-refractivity contribution in [2.45, 2.75) is 38.2 Å². The first-order chi connectivity index (χ1) is 10.1. The van der Waals surface area contributed by atoms with Crippen molar-refractivity contribution < 1.29 is 33.5 Å². The zero-order valence-corrected chi connectivity index (χ0v) is 14.2. The molecule has 0 aromatic rings. The van der Waals surface area contributed by atoms with Gasteiger partial charge in [0.05, 0.1) is 6.61 Å². The molecule has 0 bridgehead atoms. The first kappa shape index (κ1) is 20.5. The Morgan fingerprint density at radius 1 is 0.818 bits per heavy atom. The topological polar surface area (TPSA) is 112 Å². The van der Waals surface area contributed by atoms with E-state index in [0.717, 1.165) is 20.8 Å². The molecule has 9 heteroatoms. The number of carbonyl (C=O) groups excluding carboxylic acids is 6. The Morgan fingerprint density at radius 3 is 1.55 bits per heavy atom. The molecule has 2 atom stereocenters. The summed E-state index contributed by atoms with van der Waals surface area (Å²) >= 11 is 0. The maximum absolute atomic E-state index is 11.8. The van der Waals surface area contributed by atoms with Crippen LogP contribution in [0.2, 0.25) is 0 Å². The van der Waals surface area contributed by atoms with Crippen LogP contribution in [0.25, 0.3) is 0 Å². The fourth-order valence-electron chi connectivity index (χ4n) is 1.20. The quantitative estimate of drug-likeness (QED) is 0.242. The molecule has 0 aliphatic heterocycles. The Morgan fingerprint density at radius 2 is 1.23 bits per heavy atom. The second-order valence-corrected chi connectivity index (χ2v) is 6.66. The summed E-state index contributed by atoms with van der Waals surface area (Å²) in [6.07, 6.45) is 0. The highest BCUT2D eigenvalue weighted by Crippen LogP contribution is 2.33. The van der Waals surface area contributed by atoms with Crippen molar-refractivity contribution in [3.8, 4) is 0 Å². The van der Waals surface area contributed by atoms with Crippen LogP contribution in [0.4, 0.5) is 0 Å². The number of esters is 1. The van der Waals surface area contributed by atoms with Gasteiger partial charge < -0.3 is 4.74 Å². The Hall–Kier alpha value is -1.48. The van der Waals surface area contributed by atoms with Crippen molar-refractivity contribution >= 4 is 56.5 Å². The van der Waals surface area contributed by atoms with Gasteiger partial charge in [-0.2, -0.15) is 0 Å². The summed E-state index contributed by atoms with van der Waals surface area (Å²) in [4.78, 5) is 68.7. The molecule has 2 unspecified atom stereocenters. The summed E-state index contributed by atoms with van der Waals surface area (Å²) in [6, 6.07) is 0. The lowest BCUT2D eigenvalue weighted by molar-refractivity contribution is -0.153. The Labute approximate surface area is 135 Å². The van der Waals surface area contributed by atoms with Gasteiger partial charge in [0.15, 0.2) is 17.3 Å². The van der Waals surface area contributed by atoms with Crippen molar-refractivity contribution in [2.24, 2.45) is 0 Å². The Bertz CT molecular complexity index is 513. The number of Topliss-reactive ketones (excluding diaryl/α,β-unsaturated/α-hetero) is 5. The molecule has 0 rings (SSSR count). The highest BCUT2D eigenvalue weighted by Gasteiger charge is 2.35. The molecule has 0 amide bonds. The maximum atomic E-state index is 11.8. The first-order valence-electron chi connectivity index (χ1n) is 6.22. The predicted molar refractivity (Wildman–Crippen MR) is 81.4 cm³/mol. The average molecular weight is 348 g/mol. The monoisotopic (exact) mass is 348 g/mol. The standard InChI is InChI=1S/C13H16O7S2/c1-5-20-13(19)10(18)12(8(4)16)22-21-11(7(3)15)9(17)6(2)14/h11-12H,5H2,1-4H3. The third-order valence-electron chi connectivity index (χ3n) is 2.29. The molecule has 22 heavy (non-hydrogen) atoms. The summed E-state index contributed by atoms with van der Waals surface area (Å²) in [5.41, 5.74) is 0. The zero-order valence-electron chi connectivity index (χ0n) is 12.5. The SMILES string of the molecule is CCOC(=O)C(=O)C(SSC(C(C)=O)C(=O)C(C)=O)C(C)=O. The summed E-state index contributed by atoms with van der Waals surface area (Å²) in [6.45, 7) is 4.73. The third-order valence-corrected chi connectivity index (χ3v) is 5.36. The molecular weight excluding hydrogens is 332 g/mol. The first-order valence-corrected chi connectivity index (χ1v) is 8.49. The van der Waals surface area contributed by atoms with Crippen LogP contribution in [0.3, 0.4) is 0 Å². The lowest BCUT2D eigenvalue weighted by atomic mass is 10.1. The fraction of sp³-hybridized carbons (Fsp3) is 0.538. The number of rotatable bonds is 10. The molecule has 0 aromatic heterocycles. The molecule has 0 radical (unpaired) electrons. The van der Waals surface area contributed by atoms with Crippen LogP contribution < -0.4 is 0 Å². The smallest absolute Gasteiger partial charge is 0.376 e. The number of ketones is 5. The summed E-state index contributed by atoms with van der Waals surface area (Å²) in [5, 5.41) is -2.72. The summed E-state index contributed by atoms with van der Waals surface area (Å²) in [5.74, 6) is -5.14. The summed E-state index contributed by atoms with van der Waals surface area (Å²) < 4.78 is 4.52. The van der Waals surface area contributed by atoms with Gasteiger partial charge in [-0.3, -0.25) is 24.0 Å². The Kier molecular flexibility index (Phi) is 8.88. The van der Waals surface area contributed by atoms with Crippen molar-refractivity contribution in [2.75, 3.05) is 6.61 Å². The number of carbonyl (C=O) groups is 6. The van der Waals surface area contributed by atoms with Gasteiger partial charge in [-0.1, -0.05) is 21.6 Å². The van der Waals surface area contributed by atoms with E-state index < -0.39 is 45.4 Å². The second-order valence-electron chi connectivity index (χ2n) is 4.18. The normalized spacial score (nSPS) is 12.9. The fourth-order valence-corrected chi connectivity index (χ4v) is 4.13. The van der Waals surface area contributed by atoms with Crippen LogP contribution in [-0.2, 0) is 33.5 Å². The van der Waals surface area contributed by atoms with Crippen LogP contribution in [-0.4, -0.2) is 52.0 Å². The number of hydrogen-bond acceptors (Lipinski definition) is 9. The van der Waals surface area contributed by atoms with Crippen LogP contribution in [0, 0.1) is 0 Å². The van der Waals surface area contributed by atoms with Crippen molar-refractivity contribution in [1.29, 1.82) is 0 Å². The molecule has 0 fully saturated rings. The van der Waals surface area contributed by atoms with Crippen LogP contribution >= 0.6 is 21.6 Å². The van der Waals surface area contributed by atoms with Gasteiger partial charge in [0.1, 0.15) is 10.5 Å². The van der Waals surface area contributed by atoms with E-state index in [1.807, 2.05) is 0 Å². The van der Waals surface area contributed by atoms with E-state index in [4.69, 9.17) is 0 Å². The number of hydrogen-bond donors (Lipinski definition) is 0. The highest BCUT2D eigenvalue weighted by molar-refractivity contribution is 8.77. The minimum atomic E-state index is -1.40. The molecule has 122 valence electrons. The van der Waals surface area contributed by atoms with Gasteiger partial charge in [0, 0.05) is 6.92 Å². The van der Waals surface area contributed by atoms with Gasteiger partial charge >= 0.3 is 5.97 Å². The molecule has 0 saturated carbocycles. The highest BCUT2D eigenvalue weighted by atomic mass is 33.1. The van der Waals surface area contributed by atoms with E-state index in [-0.39, 0.29) is 6.61 Å². The molecule has 0 N–H and O–H groups in total. The molecule has 0 aliphatic carbocycles. The predicted octanol–water partition coefficient (Wildman–Crippen LogP) is 0.573. The lowest BCUT2D eigenvalue weighted by Crippen LogP contribution is -2.34. The molecule has 0 aliphatic rings. The Balaban J connectivity index is 5.04. The third kappa shape index (κ3) is 6.10. The second kappa shape index (κ2) is 9.52. The van der Waals surface area contributed by atoms with Crippen LogP contribution in [0.15, 0.2) is 0 Å². The molecule has 0 spiro atoms. The molecule has 0 saturated heterocycles. The van der Waals surface area contributed by atoms with E-state index in [2.05, 4.69) is 4.74 Å². The van der Waals surface area contributed by atoms with Crippen LogP contribution in [0.5, 0.6) is 0 Å². The molecular formula is C13H16O7S2. The van der Waals surface area contributed by atoms with Crippen molar-refractivity contribution in [3.63, 3.8) is 0 Å². The van der Waals surface area contributed by atoms with E-state index in [0.29, 0.717) is 21.6 Å². The molecule has 0 heterocycles. The number of ether oxygens (including phenoxy) is 1. The zero-order chi connectivity index (χ0) is 17.4. The van der Waals surface area contributed by atoms with Gasteiger partial charge in [-0.15, -0.1) is 0 Å². The average Bonchev–Trinajstić information content (AvgIpc) is 2.41. The van der Waals surface area contributed by atoms with Gasteiger partial charge in [0.25, 0.3) is 5.78 Å². The minimum Gasteiger partial charge on any atom is -0.460 e.